The van der Waals surface area contributed by atoms with E-state index in [-0.39, 0.29) is 11.8 Å². The number of rotatable bonds is 8. The van der Waals surface area contributed by atoms with Crippen molar-refractivity contribution in [2.45, 2.75) is 37.9 Å². The Morgan fingerprint density at radius 1 is 1.11 bits per heavy atom. The molecule has 184 valence electrons. The van der Waals surface area contributed by atoms with E-state index in [0.29, 0.717) is 36.1 Å². The first-order valence-corrected chi connectivity index (χ1v) is 12.8. The van der Waals surface area contributed by atoms with Crippen LogP contribution in [-0.2, 0) is 9.47 Å². The summed E-state index contributed by atoms with van der Waals surface area (Å²) in [6.07, 6.45) is 2.24. The maximum atomic E-state index is 13.2. The molecule has 35 heavy (non-hydrogen) atoms. The SMILES string of the molecule is COC(=O)c1ccc(-n2c(C)cc(C(=O)CSc3nnc(N4CCOCC4)n3C3CC3)c2C)cc1. The van der Waals surface area contributed by atoms with E-state index in [1.54, 1.807) is 12.1 Å². The molecule has 5 rings (SSSR count). The first-order chi connectivity index (χ1) is 17.0. The summed E-state index contributed by atoms with van der Waals surface area (Å²) in [4.78, 5) is 27.2. The minimum atomic E-state index is -0.374. The number of morpholine rings is 1. The summed E-state index contributed by atoms with van der Waals surface area (Å²) in [6.45, 7) is 6.92. The topological polar surface area (TPSA) is 91.5 Å². The molecule has 0 radical (unpaired) electrons. The van der Waals surface area contributed by atoms with E-state index in [2.05, 4.69) is 19.7 Å². The van der Waals surface area contributed by atoms with Gasteiger partial charge in [-0.15, -0.1) is 10.2 Å². The van der Waals surface area contributed by atoms with Gasteiger partial charge in [0, 0.05) is 41.8 Å². The van der Waals surface area contributed by atoms with Gasteiger partial charge in [-0.05, 0) is 57.0 Å². The van der Waals surface area contributed by atoms with E-state index in [9.17, 15) is 9.59 Å². The molecule has 0 unspecified atom stereocenters. The van der Waals surface area contributed by atoms with Gasteiger partial charge in [0.2, 0.25) is 5.95 Å². The Hall–Kier alpha value is -3.11. The largest absolute Gasteiger partial charge is 0.465 e. The Balaban J connectivity index is 1.32. The van der Waals surface area contributed by atoms with Crippen LogP contribution >= 0.6 is 11.8 Å². The highest BCUT2D eigenvalue weighted by Crippen LogP contribution is 2.41. The zero-order valence-corrected chi connectivity index (χ0v) is 21.0. The summed E-state index contributed by atoms with van der Waals surface area (Å²) in [5.41, 5.74) is 3.90. The number of ether oxygens (including phenoxy) is 2. The van der Waals surface area contributed by atoms with Crippen LogP contribution in [0.1, 0.15) is 51.0 Å². The number of anilines is 1. The van der Waals surface area contributed by atoms with E-state index in [0.717, 1.165) is 54.1 Å². The maximum Gasteiger partial charge on any atom is 0.337 e. The second kappa shape index (κ2) is 9.87. The highest BCUT2D eigenvalue weighted by molar-refractivity contribution is 7.99. The Morgan fingerprint density at radius 2 is 1.83 bits per heavy atom. The summed E-state index contributed by atoms with van der Waals surface area (Å²) in [6, 6.07) is 9.53. The molecule has 2 aliphatic rings. The van der Waals surface area contributed by atoms with Crippen LogP contribution in [0.25, 0.3) is 5.69 Å². The van der Waals surface area contributed by atoms with Gasteiger partial charge in [0.15, 0.2) is 10.9 Å². The normalized spacial score (nSPS) is 15.9. The third-order valence-corrected chi connectivity index (χ3v) is 7.41. The van der Waals surface area contributed by atoms with Gasteiger partial charge in [-0.2, -0.15) is 0 Å². The molecule has 10 heteroatoms. The third kappa shape index (κ3) is 4.72. The monoisotopic (exact) mass is 495 g/mol. The molecule has 2 fully saturated rings. The average Bonchev–Trinajstić information content (AvgIpc) is 3.56. The summed E-state index contributed by atoms with van der Waals surface area (Å²) in [5, 5.41) is 9.71. The van der Waals surface area contributed by atoms with Crippen molar-refractivity contribution >= 4 is 29.5 Å². The van der Waals surface area contributed by atoms with Crippen molar-refractivity contribution in [1.82, 2.24) is 19.3 Å². The van der Waals surface area contributed by atoms with Crippen LogP contribution < -0.4 is 4.90 Å². The van der Waals surface area contributed by atoms with E-state index >= 15 is 0 Å². The number of nitrogens with zero attached hydrogens (tertiary/aromatic N) is 5. The Morgan fingerprint density at radius 3 is 2.49 bits per heavy atom. The van der Waals surface area contributed by atoms with Crippen LogP contribution in [0.3, 0.4) is 0 Å². The number of hydrogen-bond donors (Lipinski definition) is 0. The van der Waals surface area contributed by atoms with Gasteiger partial charge in [-0.3, -0.25) is 9.36 Å². The van der Waals surface area contributed by atoms with Gasteiger partial charge in [-0.25, -0.2) is 4.79 Å². The zero-order valence-electron chi connectivity index (χ0n) is 20.2. The van der Waals surface area contributed by atoms with E-state index < -0.39 is 0 Å². The number of hydrogen-bond acceptors (Lipinski definition) is 8. The molecule has 0 atom stereocenters. The number of esters is 1. The number of benzene rings is 1. The number of aryl methyl sites for hydroxylation is 1. The van der Waals surface area contributed by atoms with Gasteiger partial charge in [0.1, 0.15) is 0 Å². The summed E-state index contributed by atoms with van der Waals surface area (Å²) >= 11 is 1.45. The first kappa shape index (κ1) is 23.6. The molecule has 1 saturated carbocycles. The molecule has 2 aromatic heterocycles. The number of thioether (sulfide) groups is 1. The van der Waals surface area contributed by atoms with E-state index in [4.69, 9.17) is 9.47 Å². The molecule has 1 saturated heterocycles. The molecule has 0 bridgehead atoms. The Bertz CT molecular complexity index is 1240. The summed E-state index contributed by atoms with van der Waals surface area (Å²) < 4.78 is 14.5. The number of Topliss-reactive ketones (excluding diaryl/α,β-unsaturated/α-hetero) is 1. The van der Waals surface area contributed by atoms with Crippen molar-refractivity contribution in [3.8, 4) is 5.69 Å². The molecule has 1 aliphatic heterocycles. The van der Waals surface area contributed by atoms with Crippen LogP contribution in [0.2, 0.25) is 0 Å². The van der Waals surface area contributed by atoms with Crippen molar-refractivity contribution < 1.29 is 19.1 Å². The van der Waals surface area contributed by atoms with Crippen LogP contribution in [0.4, 0.5) is 5.95 Å². The van der Waals surface area contributed by atoms with Crippen LogP contribution in [0, 0.1) is 13.8 Å². The predicted molar refractivity (Wildman–Crippen MR) is 133 cm³/mol. The van der Waals surface area contributed by atoms with Gasteiger partial charge in [0.05, 0.1) is 31.6 Å². The molecule has 0 amide bonds. The number of carbonyl (C=O) groups is 2. The number of methoxy groups -OCH3 is 1. The maximum absolute atomic E-state index is 13.2. The Kier molecular flexibility index (Phi) is 6.66. The third-order valence-electron chi connectivity index (χ3n) is 6.46. The summed E-state index contributed by atoms with van der Waals surface area (Å²) in [5.74, 6) is 0.860. The van der Waals surface area contributed by atoms with E-state index in [1.165, 1.54) is 18.9 Å². The van der Waals surface area contributed by atoms with E-state index in [1.807, 2.05) is 36.6 Å². The molecular weight excluding hydrogens is 466 g/mol. The molecule has 0 spiro atoms. The van der Waals surface area contributed by atoms with Gasteiger partial charge < -0.3 is 18.9 Å². The van der Waals surface area contributed by atoms with Crippen LogP contribution in [-0.4, -0.2) is 70.3 Å². The van der Waals surface area contributed by atoms with Crippen LogP contribution in [0.15, 0.2) is 35.5 Å². The van der Waals surface area contributed by atoms with Crippen molar-refractivity contribution in [2.75, 3.05) is 44.1 Å². The smallest absolute Gasteiger partial charge is 0.337 e. The van der Waals surface area contributed by atoms with Crippen molar-refractivity contribution in [1.29, 1.82) is 0 Å². The highest BCUT2D eigenvalue weighted by Gasteiger charge is 2.32. The zero-order chi connectivity index (χ0) is 24.5. The molecule has 9 nitrogen and oxygen atoms in total. The standard InChI is InChI=1S/C25H29N5O4S/c1-16-14-21(17(2)29(16)19-6-4-18(5-7-19)23(32)33-3)22(31)15-35-25-27-26-24(30(25)20-8-9-20)28-10-12-34-13-11-28/h4-7,14,20H,8-13,15H2,1-3H3. The molecular formula is C25H29N5O4S. The fourth-order valence-corrected chi connectivity index (χ4v) is 5.40. The lowest BCUT2D eigenvalue weighted by atomic mass is 10.2. The summed E-state index contributed by atoms with van der Waals surface area (Å²) in [7, 11) is 1.36. The quantitative estimate of drug-likeness (QED) is 0.266. The lowest BCUT2D eigenvalue weighted by Crippen LogP contribution is -2.38. The minimum Gasteiger partial charge on any atom is -0.465 e. The van der Waals surface area contributed by atoms with Gasteiger partial charge in [-0.1, -0.05) is 11.8 Å². The van der Waals surface area contributed by atoms with Crippen molar-refractivity contribution in [3.05, 3.63) is 52.8 Å². The van der Waals surface area contributed by atoms with Gasteiger partial charge in [0.25, 0.3) is 0 Å². The second-order valence-electron chi connectivity index (χ2n) is 8.85. The molecule has 1 aliphatic carbocycles. The average molecular weight is 496 g/mol. The number of aromatic nitrogens is 4. The molecule has 3 heterocycles. The lowest BCUT2D eigenvalue weighted by Gasteiger charge is -2.27. The van der Waals surface area contributed by atoms with Crippen LogP contribution in [0.5, 0.6) is 0 Å². The number of carbonyl (C=O) groups excluding carboxylic acids is 2. The predicted octanol–water partition coefficient (Wildman–Crippen LogP) is 3.62. The van der Waals surface area contributed by atoms with Crippen molar-refractivity contribution in [3.63, 3.8) is 0 Å². The molecule has 3 aromatic rings. The minimum absolute atomic E-state index is 0.0544. The van der Waals surface area contributed by atoms with Crippen molar-refractivity contribution in [2.24, 2.45) is 0 Å². The second-order valence-corrected chi connectivity index (χ2v) is 9.80. The molecule has 1 aromatic carbocycles. The fourth-order valence-electron chi connectivity index (χ4n) is 4.51. The first-order valence-electron chi connectivity index (χ1n) is 11.8. The molecule has 0 N–H and O–H groups in total. The Labute approximate surface area is 208 Å². The van der Waals surface area contributed by atoms with Gasteiger partial charge >= 0.3 is 5.97 Å². The fraction of sp³-hybridized carbons (Fsp3) is 0.440. The highest BCUT2D eigenvalue weighted by atomic mass is 32.2. The lowest BCUT2D eigenvalue weighted by molar-refractivity contribution is 0.0600. The number of ketones is 1.